The average molecular weight is 286 g/mol. The van der Waals surface area contributed by atoms with Crippen molar-refractivity contribution >= 4 is 5.97 Å². The molecule has 1 aromatic rings. The van der Waals surface area contributed by atoms with Gasteiger partial charge in [0.1, 0.15) is 6.61 Å². The highest BCUT2D eigenvalue weighted by atomic mass is 16.6. The maximum Gasteiger partial charge on any atom is 0.338 e. The first-order chi connectivity index (χ1) is 9.57. The number of rotatable bonds is 7. The van der Waals surface area contributed by atoms with Gasteiger partial charge >= 0.3 is 5.97 Å². The Hall–Kier alpha value is -1.99. The summed E-state index contributed by atoms with van der Waals surface area (Å²) < 4.78 is 24.9. The minimum atomic E-state index is -1.17. The van der Waals surface area contributed by atoms with Crippen LogP contribution in [-0.2, 0) is 9.47 Å². The summed E-state index contributed by atoms with van der Waals surface area (Å²) in [5.74, 6) is 0.418. The maximum absolute atomic E-state index is 11.9. The predicted molar refractivity (Wildman–Crippen MR) is 69.4 cm³/mol. The number of aliphatic hydroxyl groups excluding tert-OH is 1. The first kappa shape index (κ1) is 16.1. The Kier molecular flexibility index (Phi) is 6.08. The second-order valence-corrected chi connectivity index (χ2v) is 3.70. The lowest BCUT2D eigenvalue weighted by Gasteiger charge is -2.14. The van der Waals surface area contributed by atoms with Crippen molar-refractivity contribution in [3.8, 4) is 17.2 Å². The van der Waals surface area contributed by atoms with Crippen molar-refractivity contribution in [2.75, 3.05) is 35.0 Å². The SMILES string of the molecule is COc1cc(C(=O)OC[C@@H](O)OC)cc(OC)c1OC. The molecule has 0 fully saturated rings. The Labute approximate surface area is 117 Å². The van der Waals surface area contributed by atoms with Gasteiger partial charge in [-0.2, -0.15) is 0 Å². The van der Waals surface area contributed by atoms with Crippen LogP contribution in [0.3, 0.4) is 0 Å². The average Bonchev–Trinajstić information content (AvgIpc) is 2.50. The molecule has 0 saturated carbocycles. The third-order valence-corrected chi connectivity index (χ3v) is 2.53. The number of benzene rings is 1. The van der Waals surface area contributed by atoms with Crippen LogP contribution in [0.1, 0.15) is 10.4 Å². The molecule has 112 valence electrons. The third-order valence-electron chi connectivity index (χ3n) is 2.53. The predicted octanol–water partition coefficient (Wildman–Crippen LogP) is 0.834. The van der Waals surface area contributed by atoms with Crippen molar-refractivity contribution in [3.05, 3.63) is 17.7 Å². The van der Waals surface area contributed by atoms with Crippen LogP contribution in [0.5, 0.6) is 17.2 Å². The molecule has 0 amide bonds. The van der Waals surface area contributed by atoms with E-state index in [1.165, 1.54) is 40.6 Å². The molecule has 7 heteroatoms. The van der Waals surface area contributed by atoms with Gasteiger partial charge in [0.25, 0.3) is 0 Å². The molecule has 0 aliphatic rings. The van der Waals surface area contributed by atoms with Gasteiger partial charge in [-0.3, -0.25) is 0 Å². The molecule has 0 spiro atoms. The lowest BCUT2D eigenvalue weighted by atomic mass is 10.2. The Bertz CT molecular complexity index is 433. The van der Waals surface area contributed by atoms with E-state index < -0.39 is 12.3 Å². The molecule has 0 bridgehead atoms. The lowest BCUT2D eigenvalue weighted by Crippen LogP contribution is -2.20. The number of methoxy groups -OCH3 is 4. The molecule has 20 heavy (non-hydrogen) atoms. The normalized spacial score (nSPS) is 11.7. The summed E-state index contributed by atoms with van der Waals surface area (Å²) in [7, 11) is 5.66. The Morgan fingerprint density at radius 3 is 2.05 bits per heavy atom. The number of carbonyl (C=O) groups excluding carboxylic acids is 1. The lowest BCUT2D eigenvalue weighted by molar-refractivity contribution is -0.106. The molecule has 0 radical (unpaired) electrons. The summed E-state index contributed by atoms with van der Waals surface area (Å²) in [6.45, 7) is -0.272. The smallest absolute Gasteiger partial charge is 0.338 e. The van der Waals surface area contributed by atoms with E-state index >= 15 is 0 Å². The summed E-state index contributed by atoms with van der Waals surface area (Å²) in [5.41, 5.74) is 0.211. The van der Waals surface area contributed by atoms with E-state index in [9.17, 15) is 4.79 Å². The van der Waals surface area contributed by atoms with Crippen LogP contribution in [0.4, 0.5) is 0 Å². The molecule has 0 aliphatic heterocycles. The van der Waals surface area contributed by atoms with Crippen molar-refractivity contribution in [3.63, 3.8) is 0 Å². The first-order valence-electron chi connectivity index (χ1n) is 5.75. The standard InChI is InChI=1S/C13H18O7/c1-16-9-5-8(6-10(17-2)12(9)19-4)13(15)20-7-11(14)18-3/h5-6,11,14H,7H2,1-4H3/t11-/m0/s1. The monoisotopic (exact) mass is 286 g/mol. The summed E-state index contributed by atoms with van der Waals surface area (Å²) in [5, 5.41) is 9.17. The van der Waals surface area contributed by atoms with Gasteiger partial charge in [0, 0.05) is 7.11 Å². The van der Waals surface area contributed by atoms with Crippen molar-refractivity contribution in [1.29, 1.82) is 0 Å². The second-order valence-electron chi connectivity index (χ2n) is 3.70. The molecule has 1 rings (SSSR count). The molecule has 0 unspecified atom stereocenters. The van der Waals surface area contributed by atoms with Crippen molar-refractivity contribution in [2.24, 2.45) is 0 Å². The molecule has 0 aliphatic carbocycles. The quantitative estimate of drug-likeness (QED) is 0.587. The molecule has 0 saturated heterocycles. The van der Waals surface area contributed by atoms with Gasteiger partial charge in [-0.15, -0.1) is 0 Å². The highest BCUT2D eigenvalue weighted by Gasteiger charge is 2.18. The number of hydrogen-bond acceptors (Lipinski definition) is 7. The fourth-order valence-electron chi connectivity index (χ4n) is 1.50. The zero-order valence-electron chi connectivity index (χ0n) is 11.8. The number of aliphatic hydroxyl groups is 1. The van der Waals surface area contributed by atoms with E-state index in [4.69, 9.17) is 24.1 Å². The minimum absolute atomic E-state index is 0.211. The Balaban J connectivity index is 2.97. The van der Waals surface area contributed by atoms with Crippen LogP contribution < -0.4 is 14.2 Å². The van der Waals surface area contributed by atoms with Gasteiger partial charge in [-0.1, -0.05) is 0 Å². The molecule has 1 aromatic carbocycles. The molecule has 0 heterocycles. The topological polar surface area (TPSA) is 83.5 Å². The molecule has 1 atom stereocenters. The van der Waals surface area contributed by atoms with Crippen LogP contribution in [0.15, 0.2) is 12.1 Å². The van der Waals surface area contributed by atoms with Crippen LogP contribution in [-0.4, -0.2) is 52.4 Å². The molecular formula is C13H18O7. The van der Waals surface area contributed by atoms with E-state index in [0.29, 0.717) is 17.2 Å². The fourth-order valence-corrected chi connectivity index (χ4v) is 1.50. The summed E-state index contributed by atoms with van der Waals surface area (Å²) in [6.07, 6.45) is -1.17. The summed E-state index contributed by atoms with van der Waals surface area (Å²) in [6, 6.07) is 2.92. The van der Waals surface area contributed by atoms with Crippen molar-refractivity contribution in [2.45, 2.75) is 6.29 Å². The van der Waals surface area contributed by atoms with Crippen molar-refractivity contribution < 1.29 is 33.6 Å². The summed E-state index contributed by atoms with van der Waals surface area (Å²) >= 11 is 0. The van der Waals surface area contributed by atoms with Crippen LogP contribution >= 0.6 is 0 Å². The van der Waals surface area contributed by atoms with Crippen LogP contribution in [0, 0.1) is 0 Å². The van der Waals surface area contributed by atoms with E-state index in [1.54, 1.807) is 0 Å². The second kappa shape index (κ2) is 7.56. The van der Waals surface area contributed by atoms with Crippen LogP contribution in [0.2, 0.25) is 0 Å². The number of ether oxygens (including phenoxy) is 5. The molecule has 1 N–H and O–H groups in total. The van der Waals surface area contributed by atoms with Gasteiger partial charge in [-0.05, 0) is 12.1 Å². The fraction of sp³-hybridized carbons (Fsp3) is 0.462. The van der Waals surface area contributed by atoms with Crippen molar-refractivity contribution in [1.82, 2.24) is 0 Å². The van der Waals surface area contributed by atoms with E-state index in [0.717, 1.165) is 0 Å². The van der Waals surface area contributed by atoms with E-state index in [1.807, 2.05) is 0 Å². The molecule has 7 nitrogen and oxygen atoms in total. The van der Waals surface area contributed by atoms with Gasteiger partial charge in [0.05, 0.1) is 26.9 Å². The van der Waals surface area contributed by atoms with E-state index in [-0.39, 0.29) is 12.2 Å². The third kappa shape index (κ3) is 3.75. The zero-order valence-corrected chi connectivity index (χ0v) is 11.8. The highest BCUT2D eigenvalue weighted by Crippen LogP contribution is 2.38. The Morgan fingerprint density at radius 1 is 1.10 bits per heavy atom. The number of carbonyl (C=O) groups is 1. The zero-order chi connectivity index (χ0) is 15.1. The Morgan fingerprint density at radius 2 is 1.65 bits per heavy atom. The highest BCUT2D eigenvalue weighted by molar-refractivity contribution is 5.91. The molecule has 0 aromatic heterocycles. The number of esters is 1. The maximum atomic E-state index is 11.9. The van der Waals surface area contributed by atoms with Gasteiger partial charge in [0.2, 0.25) is 5.75 Å². The summed E-state index contributed by atoms with van der Waals surface area (Å²) in [4.78, 5) is 11.9. The first-order valence-corrected chi connectivity index (χ1v) is 5.75. The number of hydrogen-bond donors (Lipinski definition) is 1. The molecular weight excluding hydrogens is 268 g/mol. The van der Waals surface area contributed by atoms with Crippen LogP contribution in [0.25, 0.3) is 0 Å². The van der Waals surface area contributed by atoms with E-state index in [2.05, 4.69) is 4.74 Å². The van der Waals surface area contributed by atoms with Gasteiger partial charge in [-0.25, -0.2) is 4.79 Å². The minimum Gasteiger partial charge on any atom is -0.493 e. The largest absolute Gasteiger partial charge is 0.493 e. The van der Waals surface area contributed by atoms with Gasteiger partial charge < -0.3 is 28.8 Å². The van der Waals surface area contributed by atoms with Gasteiger partial charge in [0.15, 0.2) is 17.8 Å².